The molecule has 0 fully saturated rings. The van der Waals surface area contributed by atoms with E-state index in [-0.39, 0.29) is 30.3 Å². The standard InChI is InChI=1S/C34H45N3O4S2/c1-4-25(2)31(36-33(39)24-43-20-17-26-11-6-5-7-12-26)22-37(23-32(38)35-30(34(40)41)18-19-42-3)21-28-15-10-14-27-13-8-9-16-29(27)28/h5-16,25,30-31H,4,17-24H2,1-3H3,(H,35,38)(H,36,39)(H,40,41)/t25?,30-,31+/m0/s1. The van der Waals surface area contributed by atoms with Gasteiger partial charge in [-0.05, 0) is 58.4 Å². The van der Waals surface area contributed by atoms with Gasteiger partial charge < -0.3 is 15.7 Å². The van der Waals surface area contributed by atoms with Crippen molar-refractivity contribution in [1.29, 1.82) is 0 Å². The number of carboxylic acid groups (broad SMARTS) is 1. The van der Waals surface area contributed by atoms with E-state index >= 15 is 0 Å². The van der Waals surface area contributed by atoms with Crippen LogP contribution in [0.5, 0.6) is 0 Å². The van der Waals surface area contributed by atoms with Crippen LogP contribution in [-0.2, 0) is 27.3 Å². The molecular weight excluding hydrogens is 579 g/mol. The number of amides is 2. The van der Waals surface area contributed by atoms with Gasteiger partial charge in [0, 0.05) is 19.1 Å². The molecule has 3 aromatic carbocycles. The van der Waals surface area contributed by atoms with Gasteiger partial charge in [0.2, 0.25) is 11.8 Å². The van der Waals surface area contributed by atoms with Gasteiger partial charge in [-0.15, -0.1) is 0 Å². The van der Waals surface area contributed by atoms with E-state index in [0.717, 1.165) is 34.9 Å². The number of carboxylic acids is 1. The summed E-state index contributed by atoms with van der Waals surface area (Å²) in [5, 5.41) is 17.9. The highest BCUT2D eigenvalue weighted by molar-refractivity contribution is 7.99. The Kier molecular flexibility index (Phi) is 14.9. The van der Waals surface area contributed by atoms with Crippen molar-refractivity contribution < 1.29 is 19.5 Å². The van der Waals surface area contributed by atoms with Gasteiger partial charge in [0.15, 0.2) is 0 Å². The lowest BCUT2D eigenvalue weighted by Gasteiger charge is -2.31. The summed E-state index contributed by atoms with van der Waals surface area (Å²) < 4.78 is 0. The predicted octanol–water partition coefficient (Wildman–Crippen LogP) is 5.47. The largest absolute Gasteiger partial charge is 0.480 e. The third kappa shape index (κ3) is 11.9. The van der Waals surface area contributed by atoms with Crippen LogP contribution in [0.25, 0.3) is 10.8 Å². The molecule has 7 nitrogen and oxygen atoms in total. The molecule has 0 saturated heterocycles. The van der Waals surface area contributed by atoms with Crippen LogP contribution < -0.4 is 10.6 Å². The lowest BCUT2D eigenvalue weighted by Crippen LogP contribution is -2.51. The maximum absolute atomic E-state index is 13.2. The molecule has 2 amide bonds. The van der Waals surface area contributed by atoms with Crippen molar-refractivity contribution in [3.63, 3.8) is 0 Å². The highest BCUT2D eigenvalue weighted by Gasteiger charge is 2.25. The van der Waals surface area contributed by atoms with E-state index in [2.05, 4.69) is 60.9 Å². The average Bonchev–Trinajstić information content (AvgIpc) is 3.01. The van der Waals surface area contributed by atoms with Gasteiger partial charge in [-0.1, -0.05) is 93.1 Å². The Morgan fingerprint density at radius 1 is 0.907 bits per heavy atom. The molecular formula is C34H45N3O4S2. The van der Waals surface area contributed by atoms with Crippen LogP contribution in [0.4, 0.5) is 0 Å². The van der Waals surface area contributed by atoms with Gasteiger partial charge in [-0.3, -0.25) is 14.5 Å². The first-order valence-corrected chi connectivity index (χ1v) is 17.5. The van der Waals surface area contributed by atoms with Gasteiger partial charge in [0.1, 0.15) is 6.04 Å². The van der Waals surface area contributed by atoms with Crippen LogP contribution in [-0.4, -0.2) is 76.5 Å². The van der Waals surface area contributed by atoms with Gasteiger partial charge in [0.25, 0.3) is 0 Å². The molecule has 3 atom stereocenters. The Bertz CT molecular complexity index is 1300. The molecule has 0 radical (unpaired) electrons. The van der Waals surface area contributed by atoms with Gasteiger partial charge >= 0.3 is 5.97 Å². The molecule has 0 bridgehead atoms. The number of nitrogens with one attached hydrogen (secondary N) is 2. The van der Waals surface area contributed by atoms with Crippen molar-refractivity contribution in [2.45, 2.75) is 51.7 Å². The minimum atomic E-state index is -1.03. The van der Waals surface area contributed by atoms with Gasteiger partial charge in [0.05, 0.1) is 12.3 Å². The normalized spacial score (nSPS) is 13.4. The van der Waals surface area contributed by atoms with E-state index in [4.69, 9.17) is 0 Å². The summed E-state index contributed by atoms with van der Waals surface area (Å²) in [6, 6.07) is 23.4. The van der Waals surface area contributed by atoms with Gasteiger partial charge in [-0.2, -0.15) is 23.5 Å². The van der Waals surface area contributed by atoms with E-state index in [9.17, 15) is 19.5 Å². The molecule has 232 valence electrons. The quantitative estimate of drug-likeness (QED) is 0.152. The van der Waals surface area contributed by atoms with E-state index in [0.29, 0.717) is 31.0 Å². The topological polar surface area (TPSA) is 98.7 Å². The van der Waals surface area contributed by atoms with Crippen LogP contribution in [0.15, 0.2) is 72.8 Å². The van der Waals surface area contributed by atoms with Crippen molar-refractivity contribution in [1.82, 2.24) is 15.5 Å². The number of aryl methyl sites for hydroxylation is 1. The lowest BCUT2D eigenvalue weighted by atomic mass is 9.97. The summed E-state index contributed by atoms with van der Waals surface area (Å²) >= 11 is 3.17. The molecule has 0 spiro atoms. The number of carbonyl (C=O) groups excluding carboxylic acids is 2. The second kappa shape index (κ2) is 18.6. The van der Waals surface area contributed by atoms with Crippen LogP contribution in [0, 0.1) is 5.92 Å². The highest BCUT2D eigenvalue weighted by atomic mass is 32.2. The fourth-order valence-electron chi connectivity index (χ4n) is 4.97. The summed E-state index contributed by atoms with van der Waals surface area (Å²) in [6.45, 7) is 5.21. The van der Waals surface area contributed by atoms with Crippen molar-refractivity contribution in [3.05, 3.63) is 83.9 Å². The lowest BCUT2D eigenvalue weighted by molar-refractivity contribution is -0.142. The maximum Gasteiger partial charge on any atom is 0.326 e. The number of hydrogen-bond donors (Lipinski definition) is 3. The highest BCUT2D eigenvalue weighted by Crippen LogP contribution is 2.21. The minimum Gasteiger partial charge on any atom is -0.480 e. The smallest absolute Gasteiger partial charge is 0.326 e. The van der Waals surface area contributed by atoms with Crippen LogP contribution in [0.2, 0.25) is 0 Å². The predicted molar refractivity (Wildman–Crippen MR) is 181 cm³/mol. The second-order valence-electron chi connectivity index (χ2n) is 10.9. The Morgan fingerprint density at radius 3 is 2.35 bits per heavy atom. The summed E-state index contributed by atoms with van der Waals surface area (Å²) in [7, 11) is 0. The first kappa shape index (κ1) is 34.5. The third-order valence-electron chi connectivity index (χ3n) is 7.63. The van der Waals surface area contributed by atoms with Crippen LogP contribution >= 0.6 is 23.5 Å². The van der Waals surface area contributed by atoms with E-state index in [1.165, 1.54) is 5.56 Å². The third-order valence-corrected chi connectivity index (χ3v) is 9.23. The first-order chi connectivity index (χ1) is 20.8. The maximum atomic E-state index is 13.2. The molecule has 0 saturated carbocycles. The second-order valence-corrected chi connectivity index (χ2v) is 13.0. The number of fused-ring (bicyclic) bond motifs is 1. The molecule has 9 heteroatoms. The molecule has 43 heavy (non-hydrogen) atoms. The number of hydrogen-bond acceptors (Lipinski definition) is 6. The molecule has 0 aromatic heterocycles. The molecule has 1 unspecified atom stereocenters. The van der Waals surface area contributed by atoms with E-state index in [1.54, 1.807) is 23.5 Å². The van der Waals surface area contributed by atoms with E-state index in [1.807, 2.05) is 47.6 Å². The Hall–Kier alpha value is -3.01. The van der Waals surface area contributed by atoms with Crippen molar-refractivity contribution in [2.24, 2.45) is 5.92 Å². The number of thioether (sulfide) groups is 2. The van der Waals surface area contributed by atoms with E-state index < -0.39 is 12.0 Å². The van der Waals surface area contributed by atoms with Crippen molar-refractivity contribution in [2.75, 3.05) is 36.6 Å². The molecule has 3 aromatic rings. The number of aliphatic carboxylic acids is 1. The number of nitrogens with zero attached hydrogens (tertiary/aromatic N) is 1. The first-order valence-electron chi connectivity index (χ1n) is 14.9. The zero-order valence-corrected chi connectivity index (χ0v) is 27.1. The molecule has 3 rings (SSSR count). The summed E-state index contributed by atoms with van der Waals surface area (Å²) in [5.41, 5.74) is 2.34. The number of rotatable bonds is 19. The molecule has 0 aliphatic heterocycles. The van der Waals surface area contributed by atoms with Gasteiger partial charge in [-0.25, -0.2) is 4.79 Å². The van der Waals surface area contributed by atoms with Crippen molar-refractivity contribution in [3.8, 4) is 0 Å². The molecule has 3 N–H and O–H groups in total. The Balaban J connectivity index is 1.72. The fourth-order valence-corrected chi connectivity index (χ4v) is 6.24. The number of benzene rings is 3. The SMILES string of the molecule is CCC(C)[C@@H](CN(CC(=O)N[C@@H](CCSC)C(=O)O)Cc1cccc2ccccc12)NC(=O)CSCCc1ccccc1. The monoisotopic (exact) mass is 623 g/mol. The Morgan fingerprint density at radius 2 is 1.63 bits per heavy atom. The fraction of sp³-hybridized carbons (Fsp3) is 0.441. The number of carbonyl (C=O) groups is 3. The Labute approximate surface area is 264 Å². The summed E-state index contributed by atoms with van der Waals surface area (Å²) in [6.07, 6.45) is 4.06. The average molecular weight is 624 g/mol. The zero-order valence-electron chi connectivity index (χ0n) is 25.5. The van der Waals surface area contributed by atoms with Crippen molar-refractivity contribution >= 4 is 52.1 Å². The molecule has 0 heterocycles. The van der Waals surface area contributed by atoms with Crippen LogP contribution in [0.3, 0.4) is 0 Å². The molecule has 0 aliphatic carbocycles. The summed E-state index contributed by atoms with van der Waals surface area (Å²) in [5.74, 6) is 0.685. The zero-order chi connectivity index (χ0) is 31.0. The molecule has 0 aliphatic rings. The minimum absolute atomic E-state index is 0.0130. The summed E-state index contributed by atoms with van der Waals surface area (Å²) in [4.78, 5) is 40.1. The van der Waals surface area contributed by atoms with Crippen LogP contribution in [0.1, 0.15) is 37.8 Å².